The first-order valence-electron chi connectivity index (χ1n) is 6.26. The van der Waals surface area contributed by atoms with Crippen LogP contribution in [0.5, 0.6) is 0 Å². The van der Waals surface area contributed by atoms with Crippen molar-refractivity contribution in [2.75, 3.05) is 66.6 Å². The van der Waals surface area contributed by atoms with E-state index in [9.17, 15) is 0 Å². The monoisotopic (exact) mass is 266 g/mol. The van der Waals surface area contributed by atoms with Crippen molar-refractivity contribution < 1.29 is 28.8 Å². The first-order chi connectivity index (χ1) is 8.81. The zero-order valence-electron chi connectivity index (χ0n) is 11.4. The molecule has 0 amide bonds. The summed E-state index contributed by atoms with van der Waals surface area (Å²) in [6, 6.07) is 0. The molecule has 1 unspecified atom stereocenters. The van der Waals surface area contributed by atoms with Crippen LogP contribution < -0.4 is 0 Å². The molecule has 0 rings (SSSR count). The molecule has 1 N–H and O–H groups in total. The van der Waals surface area contributed by atoms with E-state index in [4.69, 9.17) is 28.8 Å². The van der Waals surface area contributed by atoms with Crippen LogP contribution in [0.25, 0.3) is 0 Å². The van der Waals surface area contributed by atoms with Crippen molar-refractivity contribution in [1.82, 2.24) is 0 Å². The van der Waals surface area contributed by atoms with Crippen molar-refractivity contribution in [2.45, 2.75) is 13.0 Å². The lowest BCUT2D eigenvalue weighted by molar-refractivity contribution is -0.0441. The average Bonchev–Trinajstić information content (AvgIpc) is 2.37. The van der Waals surface area contributed by atoms with Gasteiger partial charge in [-0.25, -0.2) is 0 Å². The summed E-state index contributed by atoms with van der Waals surface area (Å²) >= 11 is 0. The van der Waals surface area contributed by atoms with Crippen LogP contribution in [-0.2, 0) is 23.7 Å². The van der Waals surface area contributed by atoms with E-state index in [0.717, 1.165) is 0 Å². The summed E-state index contributed by atoms with van der Waals surface area (Å²) in [6.07, 6.45) is 0.0294. The third-order valence-electron chi connectivity index (χ3n) is 2.02. The second-order valence-electron chi connectivity index (χ2n) is 3.70. The highest BCUT2D eigenvalue weighted by Crippen LogP contribution is 1.92. The highest BCUT2D eigenvalue weighted by molar-refractivity contribution is 4.47. The first kappa shape index (κ1) is 17.8. The Labute approximate surface area is 109 Å². The molecule has 0 saturated carbocycles. The molecule has 0 bridgehead atoms. The van der Waals surface area contributed by atoms with E-state index < -0.39 is 0 Å². The van der Waals surface area contributed by atoms with Crippen molar-refractivity contribution in [3.8, 4) is 0 Å². The SMILES string of the molecule is COCCOCCOCC(C)OCCOCCO. The van der Waals surface area contributed by atoms with Gasteiger partial charge in [0.15, 0.2) is 0 Å². The van der Waals surface area contributed by atoms with E-state index in [1.165, 1.54) is 0 Å². The molecular formula is C12H26O6. The fraction of sp³-hybridized carbons (Fsp3) is 1.00. The number of hydrogen-bond acceptors (Lipinski definition) is 6. The summed E-state index contributed by atoms with van der Waals surface area (Å²) in [6.45, 7) is 6.19. The molecule has 0 aromatic heterocycles. The Morgan fingerprint density at radius 1 is 0.833 bits per heavy atom. The van der Waals surface area contributed by atoms with Crippen LogP contribution in [0.3, 0.4) is 0 Å². The van der Waals surface area contributed by atoms with Gasteiger partial charge in [0.25, 0.3) is 0 Å². The molecule has 6 heteroatoms. The maximum atomic E-state index is 8.49. The van der Waals surface area contributed by atoms with E-state index in [1.807, 2.05) is 6.92 Å². The Morgan fingerprint density at radius 3 is 2.17 bits per heavy atom. The molecule has 0 aliphatic heterocycles. The molecule has 0 aliphatic carbocycles. The second kappa shape index (κ2) is 14.8. The van der Waals surface area contributed by atoms with Crippen LogP contribution in [0.2, 0.25) is 0 Å². The Kier molecular flexibility index (Phi) is 14.6. The number of aliphatic hydroxyl groups excluding tert-OH is 1. The highest BCUT2D eigenvalue weighted by atomic mass is 16.6. The zero-order chi connectivity index (χ0) is 13.5. The van der Waals surface area contributed by atoms with E-state index in [1.54, 1.807) is 7.11 Å². The van der Waals surface area contributed by atoms with Gasteiger partial charge in [0, 0.05) is 7.11 Å². The Morgan fingerprint density at radius 2 is 1.44 bits per heavy atom. The highest BCUT2D eigenvalue weighted by Gasteiger charge is 2.01. The molecule has 0 fully saturated rings. The molecule has 0 radical (unpaired) electrons. The van der Waals surface area contributed by atoms with Gasteiger partial charge in [-0.2, -0.15) is 0 Å². The summed E-state index contributed by atoms with van der Waals surface area (Å²) < 4.78 is 26.0. The van der Waals surface area contributed by atoms with Gasteiger partial charge < -0.3 is 28.8 Å². The van der Waals surface area contributed by atoms with Crippen molar-refractivity contribution in [3.05, 3.63) is 0 Å². The molecule has 110 valence electrons. The van der Waals surface area contributed by atoms with Crippen LogP contribution in [0.4, 0.5) is 0 Å². The van der Waals surface area contributed by atoms with Gasteiger partial charge >= 0.3 is 0 Å². The average molecular weight is 266 g/mol. The summed E-state index contributed by atoms with van der Waals surface area (Å²) in [5.41, 5.74) is 0. The number of ether oxygens (including phenoxy) is 5. The van der Waals surface area contributed by atoms with E-state index >= 15 is 0 Å². The molecule has 18 heavy (non-hydrogen) atoms. The third kappa shape index (κ3) is 13.8. The maximum Gasteiger partial charge on any atom is 0.0781 e. The minimum Gasteiger partial charge on any atom is -0.394 e. The molecule has 1 atom stereocenters. The van der Waals surface area contributed by atoms with Crippen molar-refractivity contribution in [3.63, 3.8) is 0 Å². The van der Waals surface area contributed by atoms with Gasteiger partial charge in [0.05, 0.1) is 65.6 Å². The Hall–Kier alpha value is -0.240. The third-order valence-corrected chi connectivity index (χ3v) is 2.02. The van der Waals surface area contributed by atoms with Gasteiger partial charge in [-0.1, -0.05) is 0 Å². The smallest absolute Gasteiger partial charge is 0.0781 e. The number of methoxy groups -OCH3 is 1. The number of aliphatic hydroxyl groups is 1. The number of hydrogen-bond donors (Lipinski definition) is 1. The van der Waals surface area contributed by atoms with Crippen molar-refractivity contribution in [2.24, 2.45) is 0 Å². The van der Waals surface area contributed by atoms with Crippen molar-refractivity contribution >= 4 is 0 Å². The summed E-state index contributed by atoms with van der Waals surface area (Å²) in [4.78, 5) is 0. The van der Waals surface area contributed by atoms with E-state index in [0.29, 0.717) is 52.9 Å². The largest absolute Gasteiger partial charge is 0.394 e. The Balaban J connectivity index is 3.09. The quantitative estimate of drug-likeness (QED) is 0.449. The molecule has 0 saturated heterocycles. The Bertz CT molecular complexity index is 156. The maximum absolute atomic E-state index is 8.49. The van der Waals surface area contributed by atoms with Crippen LogP contribution in [0, 0.1) is 0 Å². The number of rotatable bonds is 14. The van der Waals surface area contributed by atoms with E-state index in [2.05, 4.69) is 0 Å². The lowest BCUT2D eigenvalue weighted by atomic mass is 10.4. The van der Waals surface area contributed by atoms with Crippen LogP contribution in [0.15, 0.2) is 0 Å². The molecule has 0 aliphatic rings. The summed E-state index contributed by atoms with van der Waals surface area (Å²) in [7, 11) is 1.64. The molecule has 0 aromatic carbocycles. The van der Waals surface area contributed by atoms with Gasteiger partial charge in [0.1, 0.15) is 0 Å². The first-order valence-corrected chi connectivity index (χ1v) is 6.26. The molecular weight excluding hydrogens is 240 g/mol. The molecule has 0 heterocycles. The predicted octanol–water partition coefficient (Wildman–Crippen LogP) is 0.0800. The normalized spacial score (nSPS) is 12.8. The zero-order valence-corrected chi connectivity index (χ0v) is 11.4. The van der Waals surface area contributed by atoms with Gasteiger partial charge in [0.2, 0.25) is 0 Å². The van der Waals surface area contributed by atoms with Gasteiger partial charge in [-0.3, -0.25) is 0 Å². The molecule has 0 aromatic rings. The summed E-state index contributed by atoms with van der Waals surface area (Å²) in [5.74, 6) is 0. The summed E-state index contributed by atoms with van der Waals surface area (Å²) in [5, 5.41) is 8.49. The van der Waals surface area contributed by atoms with Crippen LogP contribution in [0.1, 0.15) is 6.92 Å². The lowest BCUT2D eigenvalue weighted by Crippen LogP contribution is -2.20. The van der Waals surface area contributed by atoms with Crippen LogP contribution in [-0.4, -0.2) is 77.8 Å². The predicted molar refractivity (Wildman–Crippen MR) is 66.8 cm³/mol. The molecule has 0 spiro atoms. The fourth-order valence-electron chi connectivity index (χ4n) is 1.13. The van der Waals surface area contributed by atoms with Crippen molar-refractivity contribution in [1.29, 1.82) is 0 Å². The van der Waals surface area contributed by atoms with E-state index in [-0.39, 0.29) is 12.7 Å². The van der Waals surface area contributed by atoms with Gasteiger partial charge in [-0.05, 0) is 6.92 Å². The fourth-order valence-corrected chi connectivity index (χ4v) is 1.13. The minimum atomic E-state index is 0.0294. The van der Waals surface area contributed by atoms with Gasteiger partial charge in [-0.15, -0.1) is 0 Å². The second-order valence-corrected chi connectivity index (χ2v) is 3.70. The lowest BCUT2D eigenvalue weighted by Gasteiger charge is -2.13. The standard InChI is InChI=1S/C12H26O6/c1-12(18-10-9-15-4-3-13)11-17-8-7-16-6-5-14-2/h12-13H,3-11H2,1-2H3. The topological polar surface area (TPSA) is 66.4 Å². The minimum absolute atomic E-state index is 0.0294. The van der Waals surface area contributed by atoms with Crippen LogP contribution >= 0.6 is 0 Å². The molecule has 6 nitrogen and oxygen atoms in total.